The van der Waals surface area contributed by atoms with Gasteiger partial charge in [0.15, 0.2) is 0 Å². The Labute approximate surface area is 158 Å². The average molecular weight is 358 g/mol. The predicted octanol–water partition coefficient (Wildman–Crippen LogP) is 3.31. The fourth-order valence-electron chi connectivity index (χ4n) is 4.23. The van der Waals surface area contributed by atoms with Gasteiger partial charge in [0.25, 0.3) is 0 Å². The zero-order chi connectivity index (χ0) is 18.2. The van der Waals surface area contributed by atoms with Gasteiger partial charge in [-0.25, -0.2) is 0 Å². The molecule has 0 bridgehead atoms. The molecule has 0 aliphatic carbocycles. The van der Waals surface area contributed by atoms with Gasteiger partial charge in [0.2, 0.25) is 5.91 Å². The van der Waals surface area contributed by atoms with Crippen LogP contribution in [0.2, 0.25) is 0 Å². The molecule has 0 aromatic heterocycles. The summed E-state index contributed by atoms with van der Waals surface area (Å²) in [6, 6.07) is 8.75. The zero-order valence-corrected chi connectivity index (χ0v) is 16.3. The van der Waals surface area contributed by atoms with Crippen LogP contribution in [0.5, 0.6) is 0 Å². The monoisotopic (exact) mass is 357 g/mol. The second-order valence-corrected chi connectivity index (χ2v) is 8.22. The first kappa shape index (κ1) is 19.4. The van der Waals surface area contributed by atoms with Gasteiger partial charge in [-0.15, -0.1) is 0 Å². The third-order valence-electron chi connectivity index (χ3n) is 6.01. The van der Waals surface area contributed by atoms with Crippen molar-refractivity contribution < 1.29 is 4.79 Å². The summed E-state index contributed by atoms with van der Waals surface area (Å²) in [6.45, 7) is 8.56. The summed E-state index contributed by atoms with van der Waals surface area (Å²) in [6.07, 6.45) is 7.17. The highest BCUT2D eigenvalue weighted by Gasteiger charge is 2.21. The molecule has 2 saturated heterocycles. The van der Waals surface area contributed by atoms with E-state index in [0.717, 1.165) is 19.6 Å². The van der Waals surface area contributed by atoms with Crippen molar-refractivity contribution in [3.05, 3.63) is 35.4 Å². The van der Waals surface area contributed by atoms with Crippen LogP contribution < -0.4 is 10.6 Å². The smallest absolute Gasteiger partial charge is 0.220 e. The average Bonchev–Trinajstić information content (AvgIpc) is 2.69. The van der Waals surface area contributed by atoms with Crippen LogP contribution in [0.4, 0.5) is 0 Å². The molecule has 2 atom stereocenters. The van der Waals surface area contributed by atoms with Crippen molar-refractivity contribution >= 4 is 5.91 Å². The second kappa shape index (κ2) is 10.1. The van der Waals surface area contributed by atoms with E-state index in [1.54, 1.807) is 0 Å². The van der Waals surface area contributed by atoms with Crippen LogP contribution in [0.15, 0.2) is 24.3 Å². The number of piperidine rings is 2. The summed E-state index contributed by atoms with van der Waals surface area (Å²) in [5.41, 5.74) is 2.56. The van der Waals surface area contributed by atoms with E-state index in [-0.39, 0.29) is 5.91 Å². The lowest BCUT2D eigenvalue weighted by molar-refractivity contribution is -0.122. The number of carbonyl (C=O) groups excluding carboxylic acids is 1. The van der Waals surface area contributed by atoms with Gasteiger partial charge in [-0.2, -0.15) is 0 Å². The van der Waals surface area contributed by atoms with Crippen molar-refractivity contribution in [2.24, 2.45) is 11.8 Å². The molecule has 2 N–H and O–H groups in total. The number of likely N-dealkylation sites (tertiary alicyclic amines) is 1. The molecule has 0 saturated carbocycles. The Balaban J connectivity index is 1.38. The molecular weight excluding hydrogens is 322 g/mol. The van der Waals surface area contributed by atoms with Crippen LogP contribution in [-0.4, -0.2) is 37.0 Å². The number of benzene rings is 1. The van der Waals surface area contributed by atoms with Crippen molar-refractivity contribution in [2.75, 3.05) is 26.2 Å². The Bertz CT molecular complexity index is 545. The lowest BCUT2D eigenvalue weighted by Crippen LogP contribution is -2.35. The van der Waals surface area contributed by atoms with E-state index in [9.17, 15) is 4.79 Å². The third-order valence-corrected chi connectivity index (χ3v) is 6.01. The highest BCUT2D eigenvalue weighted by atomic mass is 16.1. The molecule has 144 valence electrons. The van der Waals surface area contributed by atoms with E-state index in [4.69, 9.17) is 0 Å². The molecule has 3 rings (SSSR count). The van der Waals surface area contributed by atoms with Gasteiger partial charge in [0.05, 0.1) is 0 Å². The summed E-state index contributed by atoms with van der Waals surface area (Å²) < 4.78 is 0. The fourth-order valence-corrected chi connectivity index (χ4v) is 4.23. The van der Waals surface area contributed by atoms with Crippen molar-refractivity contribution in [2.45, 2.75) is 58.5 Å². The van der Waals surface area contributed by atoms with Crippen molar-refractivity contribution in [3.8, 4) is 0 Å². The number of nitrogens with zero attached hydrogens (tertiary/aromatic N) is 1. The summed E-state index contributed by atoms with van der Waals surface area (Å²) in [7, 11) is 0. The minimum absolute atomic E-state index is 0.181. The minimum Gasteiger partial charge on any atom is -0.352 e. The zero-order valence-electron chi connectivity index (χ0n) is 16.3. The maximum absolute atomic E-state index is 12.3. The highest BCUT2D eigenvalue weighted by molar-refractivity contribution is 5.76. The lowest BCUT2D eigenvalue weighted by Gasteiger charge is -2.28. The van der Waals surface area contributed by atoms with Crippen LogP contribution in [-0.2, 0) is 17.9 Å². The fraction of sp³-hybridized carbons (Fsp3) is 0.682. The topological polar surface area (TPSA) is 44.4 Å². The first-order valence-corrected chi connectivity index (χ1v) is 10.5. The van der Waals surface area contributed by atoms with Crippen molar-refractivity contribution in [3.63, 3.8) is 0 Å². The molecule has 2 heterocycles. The number of nitrogens with one attached hydrogen (secondary N) is 2. The van der Waals surface area contributed by atoms with E-state index in [1.807, 2.05) is 0 Å². The molecule has 1 amide bonds. The van der Waals surface area contributed by atoms with Crippen molar-refractivity contribution in [1.82, 2.24) is 15.5 Å². The molecule has 1 aromatic carbocycles. The largest absolute Gasteiger partial charge is 0.352 e. The normalized spacial score (nSPS) is 22.7. The number of rotatable bonds is 7. The van der Waals surface area contributed by atoms with Crippen LogP contribution in [0.25, 0.3) is 0 Å². The van der Waals surface area contributed by atoms with Gasteiger partial charge < -0.3 is 10.6 Å². The molecule has 4 nitrogen and oxygen atoms in total. The third kappa shape index (κ3) is 6.10. The minimum atomic E-state index is 0.181. The Kier molecular flexibility index (Phi) is 7.51. The maximum Gasteiger partial charge on any atom is 0.220 e. The van der Waals surface area contributed by atoms with Crippen LogP contribution >= 0.6 is 0 Å². The number of hydrogen-bond donors (Lipinski definition) is 2. The van der Waals surface area contributed by atoms with E-state index in [1.165, 1.54) is 56.3 Å². The van der Waals surface area contributed by atoms with Gasteiger partial charge in [-0.05, 0) is 74.8 Å². The summed E-state index contributed by atoms with van der Waals surface area (Å²) in [5, 5.41) is 6.55. The Morgan fingerprint density at radius 3 is 2.58 bits per heavy atom. The Morgan fingerprint density at radius 2 is 1.88 bits per heavy atom. The van der Waals surface area contributed by atoms with Gasteiger partial charge in [-0.1, -0.05) is 37.6 Å². The first-order valence-electron chi connectivity index (χ1n) is 10.5. The van der Waals surface area contributed by atoms with E-state index >= 15 is 0 Å². The molecule has 2 aliphatic heterocycles. The Hall–Kier alpha value is -1.39. The van der Waals surface area contributed by atoms with Crippen molar-refractivity contribution in [1.29, 1.82) is 0 Å². The molecule has 1 aromatic rings. The van der Waals surface area contributed by atoms with E-state index < -0.39 is 0 Å². The molecule has 0 radical (unpaired) electrons. The van der Waals surface area contributed by atoms with Gasteiger partial charge >= 0.3 is 0 Å². The van der Waals surface area contributed by atoms with Crippen LogP contribution in [0.3, 0.4) is 0 Å². The highest BCUT2D eigenvalue weighted by Crippen LogP contribution is 2.22. The van der Waals surface area contributed by atoms with E-state index in [2.05, 4.69) is 46.7 Å². The molecule has 26 heavy (non-hydrogen) atoms. The van der Waals surface area contributed by atoms with E-state index in [0.29, 0.717) is 24.8 Å². The van der Waals surface area contributed by atoms with Gasteiger partial charge in [-0.3, -0.25) is 9.69 Å². The number of hydrogen-bond acceptors (Lipinski definition) is 3. The number of carbonyl (C=O) groups is 1. The first-order chi connectivity index (χ1) is 12.7. The number of amides is 1. The van der Waals surface area contributed by atoms with Gasteiger partial charge in [0.1, 0.15) is 0 Å². The molecule has 4 heteroatoms. The van der Waals surface area contributed by atoms with Crippen LogP contribution in [0.1, 0.15) is 56.6 Å². The Morgan fingerprint density at radius 1 is 1.15 bits per heavy atom. The molecule has 2 aliphatic rings. The molecule has 2 unspecified atom stereocenters. The molecule has 0 spiro atoms. The summed E-state index contributed by atoms with van der Waals surface area (Å²) in [5.74, 6) is 1.28. The lowest BCUT2D eigenvalue weighted by atomic mass is 9.85. The molecular formula is C22H35N3O. The molecule has 2 fully saturated rings. The van der Waals surface area contributed by atoms with Gasteiger partial charge in [0, 0.05) is 19.5 Å². The predicted molar refractivity (Wildman–Crippen MR) is 107 cm³/mol. The standard InChI is InChI=1S/C22H35N3O/c1-18(21-6-5-11-23-16-21)14-22(26)24-15-19-7-9-20(10-8-19)17-25-12-3-2-4-13-25/h7-10,18,21,23H,2-6,11-17H2,1H3,(H,24,26). The SMILES string of the molecule is CC(CC(=O)NCc1ccc(CN2CCCCC2)cc1)C1CCCNC1. The summed E-state index contributed by atoms with van der Waals surface area (Å²) in [4.78, 5) is 14.8. The summed E-state index contributed by atoms with van der Waals surface area (Å²) >= 11 is 0. The quantitative estimate of drug-likeness (QED) is 0.787. The van der Waals surface area contributed by atoms with Crippen LogP contribution in [0, 0.1) is 11.8 Å². The maximum atomic E-state index is 12.3. The second-order valence-electron chi connectivity index (χ2n) is 8.22.